The van der Waals surface area contributed by atoms with Gasteiger partial charge in [-0.2, -0.15) is 0 Å². The van der Waals surface area contributed by atoms with Gasteiger partial charge in [-0.3, -0.25) is 4.79 Å². The largest absolute Gasteiger partial charge is 0.481 e. The van der Waals surface area contributed by atoms with E-state index in [-0.39, 0.29) is 11.3 Å². The molecule has 0 saturated carbocycles. The van der Waals surface area contributed by atoms with Gasteiger partial charge in [0.05, 0.1) is 11.3 Å². The lowest BCUT2D eigenvalue weighted by Crippen LogP contribution is -2.03. The zero-order valence-electron chi connectivity index (χ0n) is 11.6. The van der Waals surface area contributed by atoms with Crippen molar-refractivity contribution in [2.75, 3.05) is 5.75 Å². The van der Waals surface area contributed by atoms with Crippen LogP contribution in [0.2, 0.25) is 0 Å². The minimum atomic E-state index is -0.973. The topological polar surface area (TPSA) is 55.1 Å². The summed E-state index contributed by atoms with van der Waals surface area (Å²) in [5, 5.41) is 9.17. The van der Waals surface area contributed by atoms with E-state index in [0.717, 1.165) is 37.1 Å². The fourth-order valence-electron chi connectivity index (χ4n) is 2.10. The summed E-state index contributed by atoms with van der Waals surface area (Å²) in [7, 11) is 0. The Balaban J connectivity index is 2.41. The monoisotopic (exact) mass is 314 g/mol. The Morgan fingerprint density at radius 2 is 2.14 bits per heavy atom. The molecule has 2 aromatic rings. The smallest absolute Gasteiger partial charge is 0.313 e. The molecule has 0 saturated heterocycles. The van der Waals surface area contributed by atoms with E-state index in [1.165, 1.54) is 6.07 Å². The fraction of sp³-hybridized carbons (Fsp3) is 0.429. The number of carboxylic acids is 1. The Morgan fingerprint density at radius 3 is 2.81 bits per heavy atom. The maximum absolute atomic E-state index is 13.8. The highest BCUT2D eigenvalue weighted by molar-refractivity contribution is 7.99. The highest BCUT2D eigenvalue weighted by Gasteiger charge is 2.16. The Morgan fingerprint density at radius 1 is 1.38 bits per heavy atom. The molecule has 1 aromatic heterocycles. The van der Waals surface area contributed by atoms with E-state index in [1.807, 2.05) is 0 Å². The summed E-state index contributed by atoms with van der Waals surface area (Å²) < 4.78 is 28.9. The second-order valence-electron chi connectivity index (χ2n) is 4.69. The normalized spacial score (nSPS) is 11.2. The zero-order valence-corrected chi connectivity index (χ0v) is 12.4. The van der Waals surface area contributed by atoms with Gasteiger partial charge in [-0.25, -0.2) is 13.8 Å². The lowest BCUT2D eigenvalue weighted by atomic mass is 10.2. The number of aryl methyl sites for hydroxylation is 1. The number of halogens is 2. The van der Waals surface area contributed by atoms with Crippen molar-refractivity contribution in [3.05, 3.63) is 23.8 Å². The van der Waals surface area contributed by atoms with Crippen LogP contribution in [0.15, 0.2) is 17.3 Å². The second-order valence-corrected chi connectivity index (χ2v) is 5.63. The van der Waals surface area contributed by atoms with E-state index in [1.54, 1.807) is 4.57 Å². The van der Waals surface area contributed by atoms with E-state index >= 15 is 0 Å². The maximum atomic E-state index is 13.8. The van der Waals surface area contributed by atoms with Crippen LogP contribution in [-0.4, -0.2) is 26.4 Å². The molecule has 0 amide bonds. The molecule has 21 heavy (non-hydrogen) atoms. The van der Waals surface area contributed by atoms with E-state index in [2.05, 4.69) is 11.9 Å². The number of thioether (sulfide) groups is 1. The molecule has 0 aliphatic rings. The molecule has 1 heterocycles. The van der Waals surface area contributed by atoms with Crippen molar-refractivity contribution < 1.29 is 18.7 Å². The van der Waals surface area contributed by atoms with Crippen LogP contribution in [0, 0.1) is 11.6 Å². The summed E-state index contributed by atoms with van der Waals surface area (Å²) in [6, 6.07) is 2.03. The number of unbranched alkanes of at least 4 members (excludes halogenated alkanes) is 2. The zero-order chi connectivity index (χ0) is 15.4. The molecule has 0 atom stereocenters. The summed E-state index contributed by atoms with van der Waals surface area (Å²) in [5.74, 6) is -2.53. The number of imidazole rings is 1. The van der Waals surface area contributed by atoms with E-state index in [0.29, 0.717) is 17.2 Å². The Kier molecular flexibility index (Phi) is 5.17. The number of fused-ring (bicyclic) bond motifs is 1. The molecule has 7 heteroatoms. The maximum Gasteiger partial charge on any atom is 0.313 e. The van der Waals surface area contributed by atoms with Crippen LogP contribution in [0.5, 0.6) is 0 Å². The van der Waals surface area contributed by atoms with Crippen molar-refractivity contribution in [3.63, 3.8) is 0 Å². The van der Waals surface area contributed by atoms with Gasteiger partial charge in [0.25, 0.3) is 0 Å². The minimum absolute atomic E-state index is 0.0841. The van der Waals surface area contributed by atoms with Gasteiger partial charge in [0.1, 0.15) is 11.3 Å². The van der Waals surface area contributed by atoms with Crippen molar-refractivity contribution in [3.8, 4) is 0 Å². The summed E-state index contributed by atoms with van der Waals surface area (Å²) >= 11 is 1.02. The summed E-state index contributed by atoms with van der Waals surface area (Å²) in [5.41, 5.74) is 0.456. The lowest BCUT2D eigenvalue weighted by molar-refractivity contribution is -0.133. The van der Waals surface area contributed by atoms with Crippen LogP contribution >= 0.6 is 11.8 Å². The van der Waals surface area contributed by atoms with E-state index in [4.69, 9.17) is 5.11 Å². The summed E-state index contributed by atoms with van der Waals surface area (Å²) in [6.45, 7) is 2.63. The third-order valence-electron chi connectivity index (χ3n) is 3.05. The van der Waals surface area contributed by atoms with Gasteiger partial charge in [-0.15, -0.1) is 0 Å². The van der Waals surface area contributed by atoms with E-state index in [9.17, 15) is 13.6 Å². The van der Waals surface area contributed by atoms with Gasteiger partial charge >= 0.3 is 5.97 Å². The van der Waals surface area contributed by atoms with Crippen LogP contribution in [-0.2, 0) is 11.3 Å². The number of aliphatic carboxylic acids is 1. The first-order chi connectivity index (χ1) is 10.0. The van der Waals surface area contributed by atoms with Crippen molar-refractivity contribution >= 4 is 28.8 Å². The quantitative estimate of drug-likeness (QED) is 0.625. The molecular formula is C14H16F2N2O2S. The average Bonchev–Trinajstić information content (AvgIpc) is 2.75. The third-order valence-corrected chi connectivity index (χ3v) is 4.01. The first-order valence-electron chi connectivity index (χ1n) is 6.72. The minimum Gasteiger partial charge on any atom is -0.481 e. The molecule has 1 aromatic carbocycles. The van der Waals surface area contributed by atoms with Crippen molar-refractivity contribution in [2.45, 2.75) is 37.9 Å². The first-order valence-corrected chi connectivity index (χ1v) is 7.71. The number of hydrogen-bond donors (Lipinski definition) is 1. The highest BCUT2D eigenvalue weighted by Crippen LogP contribution is 2.27. The number of aromatic nitrogens is 2. The van der Waals surface area contributed by atoms with Crippen LogP contribution in [0.1, 0.15) is 26.2 Å². The van der Waals surface area contributed by atoms with Crippen LogP contribution < -0.4 is 0 Å². The molecule has 0 spiro atoms. The molecule has 0 bridgehead atoms. The van der Waals surface area contributed by atoms with Gasteiger partial charge < -0.3 is 9.67 Å². The Hall–Kier alpha value is -1.63. The number of rotatable bonds is 7. The van der Waals surface area contributed by atoms with E-state index < -0.39 is 17.6 Å². The number of carboxylic acid groups (broad SMARTS) is 1. The second kappa shape index (κ2) is 6.89. The molecule has 114 valence electrons. The molecule has 2 rings (SSSR count). The van der Waals surface area contributed by atoms with Crippen molar-refractivity contribution in [2.24, 2.45) is 0 Å². The van der Waals surface area contributed by atoms with Gasteiger partial charge in [-0.1, -0.05) is 31.5 Å². The van der Waals surface area contributed by atoms with Crippen molar-refractivity contribution in [1.82, 2.24) is 9.55 Å². The van der Waals surface area contributed by atoms with Gasteiger partial charge in [0.15, 0.2) is 11.0 Å². The van der Waals surface area contributed by atoms with Gasteiger partial charge in [-0.05, 0) is 6.42 Å². The lowest BCUT2D eigenvalue weighted by Gasteiger charge is -2.07. The predicted octanol–water partition coefficient (Wildman–Crippen LogP) is 3.68. The molecule has 4 nitrogen and oxygen atoms in total. The predicted molar refractivity (Wildman–Crippen MR) is 77.5 cm³/mol. The summed E-state index contributed by atoms with van der Waals surface area (Å²) in [4.78, 5) is 14.8. The Labute approximate surface area is 125 Å². The molecular weight excluding hydrogens is 298 g/mol. The third kappa shape index (κ3) is 3.72. The number of benzene rings is 1. The van der Waals surface area contributed by atoms with Gasteiger partial charge in [0.2, 0.25) is 0 Å². The summed E-state index contributed by atoms with van der Waals surface area (Å²) in [6.07, 6.45) is 2.86. The first kappa shape index (κ1) is 15.8. The van der Waals surface area contributed by atoms with Crippen LogP contribution in [0.4, 0.5) is 8.78 Å². The number of nitrogens with zero attached hydrogens (tertiary/aromatic N) is 2. The van der Waals surface area contributed by atoms with Crippen LogP contribution in [0.25, 0.3) is 11.0 Å². The van der Waals surface area contributed by atoms with Gasteiger partial charge in [0, 0.05) is 18.7 Å². The number of carbonyl (C=O) groups is 1. The van der Waals surface area contributed by atoms with Crippen molar-refractivity contribution in [1.29, 1.82) is 0 Å². The fourth-order valence-corrected chi connectivity index (χ4v) is 2.85. The molecule has 0 unspecified atom stereocenters. The van der Waals surface area contributed by atoms with Crippen LogP contribution in [0.3, 0.4) is 0 Å². The standard InChI is InChI=1S/C14H16F2N2O2S/c1-2-3-4-5-18-11-7-9(15)6-10(16)13(11)17-14(18)21-8-12(19)20/h6-7H,2-5,8H2,1H3,(H,19,20). The molecule has 0 radical (unpaired) electrons. The molecule has 1 N–H and O–H groups in total. The average molecular weight is 314 g/mol. The number of hydrogen-bond acceptors (Lipinski definition) is 3. The molecule has 0 aliphatic heterocycles. The molecule has 0 aliphatic carbocycles. The highest BCUT2D eigenvalue weighted by atomic mass is 32.2. The molecule has 0 fully saturated rings. The Bertz CT molecular complexity index is 658. The SMILES string of the molecule is CCCCCn1c(SCC(=O)O)nc2c(F)cc(F)cc21.